The number of unbranched alkanes of at least 4 members (excludes halogenated alkanes) is 2. The molecular formula is C11H16N2O6. The Morgan fingerprint density at radius 2 is 1.79 bits per heavy atom. The van der Waals surface area contributed by atoms with Gasteiger partial charge in [0, 0.05) is 25.8 Å². The number of carbonyl (C=O) groups is 4. The van der Waals surface area contributed by atoms with Crippen molar-refractivity contribution in [1.82, 2.24) is 10.4 Å². The van der Waals surface area contributed by atoms with Gasteiger partial charge >= 0.3 is 12.1 Å². The second-order valence-electron chi connectivity index (χ2n) is 4.09. The van der Waals surface area contributed by atoms with Crippen LogP contribution in [-0.2, 0) is 19.2 Å². The lowest BCUT2D eigenvalue weighted by Gasteiger charge is -2.12. The fourth-order valence-electron chi connectivity index (χ4n) is 1.57. The van der Waals surface area contributed by atoms with Gasteiger partial charge in [-0.2, -0.15) is 0 Å². The average Bonchev–Trinajstić information content (AvgIpc) is 2.65. The molecule has 1 saturated heterocycles. The van der Waals surface area contributed by atoms with Crippen LogP contribution >= 0.6 is 0 Å². The van der Waals surface area contributed by atoms with Crippen molar-refractivity contribution in [2.45, 2.75) is 38.5 Å². The van der Waals surface area contributed by atoms with Crippen LogP contribution in [0, 0.1) is 0 Å². The molecule has 0 aromatic rings. The van der Waals surface area contributed by atoms with Crippen LogP contribution in [0.5, 0.6) is 0 Å². The maximum atomic E-state index is 11.4. The average molecular weight is 272 g/mol. The van der Waals surface area contributed by atoms with E-state index in [1.165, 1.54) is 0 Å². The maximum Gasteiger partial charge on any atom is 0.404 e. The molecule has 106 valence electrons. The molecule has 0 bridgehead atoms. The fraction of sp³-hybridized carbons (Fsp3) is 0.636. The molecule has 2 N–H and O–H groups in total. The molecule has 0 spiro atoms. The van der Waals surface area contributed by atoms with Gasteiger partial charge in [-0.1, -0.05) is 6.42 Å². The van der Waals surface area contributed by atoms with Gasteiger partial charge in [-0.3, -0.25) is 9.59 Å². The number of rotatable bonds is 7. The summed E-state index contributed by atoms with van der Waals surface area (Å²) in [5, 5.41) is 11.0. The molecule has 0 unspecified atom stereocenters. The first-order valence-electron chi connectivity index (χ1n) is 6.04. The molecule has 0 atom stereocenters. The van der Waals surface area contributed by atoms with Crippen LogP contribution in [0.2, 0.25) is 0 Å². The van der Waals surface area contributed by atoms with Gasteiger partial charge in [0.1, 0.15) is 0 Å². The Balaban J connectivity index is 2.10. The third-order valence-corrected chi connectivity index (χ3v) is 2.53. The second-order valence-corrected chi connectivity index (χ2v) is 4.09. The van der Waals surface area contributed by atoms with E-state index in [4.69, 9.17) is 5.11 Å². The zero-order valence-electron chi connectivity index (χ0n) is 10.4. The molecular weight excluding hydrogens is 256 g/mol. The molecule has 1 fully saturated rings. The Bertz CT molecular complexity index is 365. The minimum absolute atomic E-state index is 0.0764. The van der Waals surface area contributed by atoms with Crippen molar-refractivity contribution in [3.05, 3.63) is 0 Å². The molecule has 3 amide bonds. The van der Waals surface area contributed by atoms with E-state index in [2.05, 4.69) is 10.2 Å². The maximum absolute atomic E-state index is 11.4. The van der Waals surface area contributed by atoms with Gasteiger partial charge in [0.25, 0.3) is 11.8 Å². The Morgan fingerprint density at radius 3 is 2.37 bits per heavy atom. The zero-order chi connectivity index (χ0) is 14.3. The van der Waals surface area contributed by atoms with Crippen molar-refractivity contribution in [2.24, 2.45) is 0 Å². The number of hydrogen-bond acceptors (Lipinski definition) is 5. The summed E-state index contributed by atoms with van der Waals surface area (Å²) in [7, 11) is 0. The highest BCUT2D eigenvalue weighted by Gasteiger charge is 2.32. The van der Waals surface area contributed by atoms with Crippen molar-refractivity contribution >= 4 is 23.9 Å². The summed E-state index contributed by atoms with van der Waals surface area (Å²) in [5.74, 6) is -1.62. The summed E-state index contributed by atoms with van der Waals surface area (Å²) < 4.78 is 0. The molecule has 8 heteroatoms. The van der Waals surface area contributed by atoms with Crippen LogP contribution in [0.1, 0.15) is 38.5 Å². The molecule has 0 aliphatic carbocycles. The van der Waals surface area contributed by atoms with E-state index >= 15 is 0 Å². The Hall–Kier alpha value is -2.12. The highest BCUT2D eigenvalue weighted by Crippen LogP contribution is 2.13. The van der Waals surface area contributed by atoms with Gasteiger partial charge in [-0.25, -0.2) is 9.59 Å². The first-order chi connectivity index (χ1) is 9.00. The van der Waals surface area contributed by atoms with Crippen LogP contribution in [0.25, 0.3) is 0 Å². The lowest BCUT2D eigenvalue weighted by molar-refractivity contribution is -0.197. The van der Waals surface area contributed by atoms with Gasteiger partial charge in [-0.15, -0.1) is 5.06 Å². The largest absolute Gasteiger partial charge is 0.465 e. The molecule has 8 nitrogen and oxygen atoms in total. The SMILES string of the molecule is O=C(O)NCCCCCC(=O)ON1C(=O)CCC1=O. The first kappa shape index (κ1) is 14.9. The number of nitrogens with one attached hydrogen (secondary N) is 1. The highest BCUT2D eigenvalue weighted by molar-refractivity contribution is 6.01. The fourth-order valence-corrected chi connectivity index (χ4v) is 1.57. The van der Waals surface area contributed by atoms with E-state index < -0.39 is 23.9 Å². The second kappa shape index (κ2) is 7.34. The molecule has 0 saturated carbocycles. The van der Waals surface area contributed by atoms with E-state index in [9.17, 15) is 19.2 Å². The summed E-state index contributed by atoms with van der Waals surface area (Å²) in [6, 6.07) is 0. The molecule has 1 aliphatic heterocycles. The number of carboxylic acid groups (broad SMARTS) is 1. The van der Waals surface area contributed by atoms with Crippen LogP contribution in [-0.4, -0.2) is 40.6 Å². The van der Waals surface area contributed by atoms with Crippen LogP contribution < -0.4 is 5.32 Å². The third kappa shape index (κ3) is 5.36. The van der Waals surface area contributed by atoms with Crippen molar-refractivity contribution in [1.29, 1.82) is 0 Å². The van der Waals surface area contributed by atoms with E-state index in [1.807, 2.05) is 0 Å². The van der Waals surface area contributed by atoms with Crippen LogP contribution in [0.15, 0.2) is 0 Å². The molecule has 0 radical (unpaired) electrons. The Morgan fingerprint density at radius 1 is 1.16 bits per heavy atom. The summed E-state index contributed by atoms with van der Waals surface area (Å²) >= 11 is 0. The van der Waals surface area contributed by atoms with Gasteiger partial charge in [0.05, 0.1) is 0 Å². The van der Waals surface area contributed by atoms with Crippen LogP contribution in [0.4, 0.5) is 4.79 Å². The van der Waals surface area contributed by atoms with E-state index in [0.29, 0.717) is 30.9 Å². The summed E-state index contributed by atoms with van der Waals surface area (Å²) in [5.41, 5.74) is 0. The minimum atomic E-state index is -1.08. The topological polar surface area (TPSA) is 113 Å². The lowest BCUT2D eigenvalue weighted by Crippen LogP contribution is -2.31. The summed E-state index contributed by atoms with van der Waals surface area (Å²) in [4.78, 5) is 48.5. The first-order valence-corrected chi connectivity index (χ1v) is 6.04. The quantitative estimate of drug-likeness (QED) is 0.513. The van der Waals surface area contributed by atoms with Crippen molar-refractivity contribution < 1.29 is 29.1 Å². The van der Waals surface area contributed by atoms with Gasteiger partial charge in [-0.05, 0) is 12.8 Å². The van der Waals surface area contributed by atoms with Gasteiger partial charge < -0.3 is 15.3 Å². The predicted molar refractivity (Wildman–Crippen MR) is 61.7 cm³/mol. The Kier molecular flexibility index (Phi) is 5.77. The van der Waals surface area contributed by atoms with Crippen molar-refractivity contribution in [2.75, 3.05) is 6.54 Å². The van der Waals surface area contributed by atoms with Crippen molar-refractivity contribution in [3.8, 4) is 0 Å². The monoisotopic (exact) mass is 272 g/mol. The van der Waals surface area contributed by atoms with Gasteiger partial charge in [0.15, 0.2) is 0 Å². The molecule has 0 aromatic heterocycles. The van der Waals surface area contributed by atoms with Crippen LogP contribution in [0.3, 0.4) is 0 Å². The highest BCUT2D eigenvalue weighted by atomic mass is 16.7. The zero-order valence-corrected chi connectivity index (χ0v) is 10.4. The lowest BCUT2D eigenvalue weighted by atomic mass is 10.2. The number of nitrogens with zero attached hydrogens (tertiary/aromatic N) is 1. The predicted octanol–water partition coefficient (Wildman–Crippen LogP) is 0.422. The van der Waals surface area contributed by atoms with E-state index in [1.54, 1.807) is 0 Å². The number of imide groups is 1. The van der Waals surface area contributed by atoms with E-state index in [0.717, 1.165) is 0 Å². The molecule has 1 aliphatic rings. The Labute approximate surface area is 109 Å². The van der Waals surface area contributed by atoms with Gasteiger partial charge in [0.2, 0.25) is 0 Å². The number of amides is 3. The van der Waals surface area contributed by atoms with Crippen molar-refractivity contribution in [3.63, 3.8) is 0 Å². The number of carbonyl (C=O) groups excluding carboxylic acids is 3. The molecule has 0 aromatic carbocycles. The molecule has 19 heavy (non-hydrogen) atoms. The molecule has 1 heterocycles. The number of hydrogen-bond donors (Lipinski definition) is 2. The normalized spacial score (nSPS) is 14.6. The minimum Gasteiger partial charge on any atom is -0.465 e. The smallest absolute Gasteiger partial charge is 0.404 e. The standard InChI is InChI=1S/C11H16N2O6/c14-8-5-6-9(15)13(8)19-10(16)4-2-1-3-7-12-11(17)18/h12H,1-7H2,(H,17,18). The number of hydroxylamine groups is 2. The summed E-state index contributed by atoms with van der Waals surface area (Å²) in [6.45, 7) is 0.327. The van der Waals surface area contributed by atoms with E-state index in [-0.39, 0.29) is 19.3 Å². The molecule has 1 rings (SSSR count). The summed E-state index contributed by atoms with van der Waals surface area (Å²) in [6.07, 6.45) is 0.934. The third-order valence-electron chi connectivity index (χ3n) is 2.53.